The first kappa shape index (κ1) is 15.7. The van der Waals surface area contributed by atoms with Gasteiger partial charge in [0.05, 0.1) is 12.1 Å². The van der Waals surface area contributed by atoms with E-state index in [0.717, 1.165) is 18.4 Å². The smallest absolute Gasteiger partial charge is 0.237 e. The number of thiophene rings is 1. The normalized spacial score (nSPS) is 13.6. The zero-order valence-electron chi connectivity index (χ0n) is 12.3. The minimum absolute atomic E-state index is 0.0734. The van der Waals surface area contributed by atoms with Crippen molar-refractivity contribution in [2.45, 2.75) is 38.3 Å². The number of hydrogen-bond acceptors (Lipinski definition) is 3. The van der Waals surface area contributed by atoms with Gasteiger partial charge in [-0.3, -0.25) is 4.79 Å². The number of amides is 1. The third-order valence-electron chi connectivity index (χ3n) is 3.42. The second-order valence-corrected chi connectivity index (χ2v) is 6.14. The maximum absolute atomic E-state index is 12.3. The third-order valence-corrected chi connectivity index (χ3v) is 4.40. The molecule has 0 saturated heterocycles. The molecule has 4 heteroatoms. The summed E-state index contributed by atoms with van der Waals surface area (Å²) in [5, 5.41) is 5.12. The lowest BCUT2D eigenvalue weighted by Gasteiger charge is -2.20. The first-order valence-corrected chi connectivity index (χ1v) is 8.22. The minimum Gasteiger partial charge on any atom is -0.347 e. The Labute approximate surface area is 130 Å². The standard InChI is InChI=1S/C17H22N2OS/c1-2-7-15(16-10-6-11-21-16)19-17(20)14(18)12-13-8-4-3-5-9-13/h3-6,8-11,14-15H,2,7,12,18H2,1H3,(H,19,20). The van der Waals surface area contributed by atoms with E-state index < -0.39 is 6.04 Å². The maximum atomic E-state index is 12.3. The molecule has 1 aromatic heterocycles. The van der Waals surface area contributed by atoms with Gasteiger partial charge in [0.2, 0.25) is 5.91 Å². The summed E-state index contributed by atoms with van der Waals surface area (Å²) in [4.78, 5) is 13.5. The molecule has 3 N–H and O–H groups in total. The van der Waals surface area contributed by atoms with Crippen LogP contribution in [0.15, 0.2) is 47.8 Å². The molecule has 2 aromatic rings. The van der Waals surface area contributed by atoms with Crippen LogP contribution in [0.25, 0.3) is 0 Å². The molecule has 2 rings (SSSR count). The second-order valence-electron chi connectivity index (χ2n) is 5.16. The molecule has 21 heavy (non-hydrogen) atoms. The molecule has 0 radical (unpaired) electrons. The van der Waals surface area contributed by atoms with Crippen molar-refractivity contribution in [1.82, 2.24) is 5.32 Å². The first-order valence-electron chi connectivity index (χ1n) is 7.34. The number of nitrogens with two attached hydrogens (primary N) is 1. The van der Waals surface area contributed by atoms with E-state index in [4.69, 9.17) is 5.73 Å². The summed E-state index contributed by atoms with van der Waals surface area (Å²) in [5.74, 6) is -0.0781. The number of hydrogen-bond donors (Lipinski definition) is 2. The Bertz CT molecular complexity index is 539. The fourth-order valence-corrected chi connectivity index (χ4v) is 3.12. The van der Waals surface area contributed by atoms with Gasteiger partial charge in [-0.2, -0.15) is 0 Å². The Morgan fingerprint density at radius 2 is 2.00 bits per heavy atom. The van der Waals surface area contributed by atoms with Crippen molar-refractivity contribution >= 4 is 17.2 Å². The maximum Gasteiger partial charge on any atom is 0.237 e. The van der Waals surface area contributed by atoms with Crippen LogP contribution in [0.1, 0.15) is 36.2 Å². The van der Waals surface area contributed by atoms with Crippen LogP contribution < -0.4 is 11.1 Å². The second kappa shape index (κ2) is 7.96. The summed E-state index contributed by atoms with van der Waals surface area (Å²) >= 11 is 1.67. The van der Waals surface area contributed by atoms with Crippen LogP contribution in [0.4, 0.5) is 0 Å². The van der Waals surface area contributed by atoms with Crippen molar-refractivity contribution < 1.29 is 4.79 Å². The van der Waals surface area contributed by atoms with Crippen LogP contribution in [-0.4, -0.2) is 11.9 Å². The highest BCUT2D eigenvalue weighted by molar-refractivity contribution is 7.10. The van der Waals surface area contributed by atoms with Crippen LogP contribution in [-0.2, 0) is 11.2 Å². The number of rotatable bonds is 7. The summed E-state index contributed by atoms with van der Waals surface area (Å²) in [5.41, 5.74) is 7.12. The molecule has 1 heterocycles. The number of benzene rings is 1. The molecule has 2 unspecified atom stereocenters. The lowest BCUT2D eigenvalue weighted by atomic mass is 10.0. The predicted octanol–water partition coefficient (Wildman–Crippen LogP) is 3.28. The minimum atomic E-state index is -0.508. The topological polar surface area (TPSA) is 55.1 Å². The zero-order chi connectivity index (χ0) is 15.1. The molecule has 0 aliphatic rings. The number of carbonyl (C=O) groups is 1. The van der Waals surface area contributed by atoms with Crippen LogP contribution >= 0.6 is 11.3 Å². The predicted molar refractivity (Wildman–Crippen MR) is 88.2 cm³/mol. The Kier molecular flexibility index (Phi) is 5.96. The summed E-state index contributed by atoms with van der Waals surface area (Å²) in [6, 6.07) is 13.5. The highest BCUT2D eigenvalue weighted by Crippen LogP contribution is 2.23. The quantitative estimate of drug-likeness (QED) is 0.824. The van der Waals surface area contributed by atoms with Crippen LogP contribution in [0.5, 0.6) is 0 Å². The summed E-state index contributed by atoms with van der Waals surface area (Å²) in [6.07, 6.45) is 2.52. The SMILES string of the molecule is CCCC(NC(=O)C(N)Cc1ccccc1)c1cccs1. The van der Waals surface area contributed by atoms with E-state index in [-0.39, 0.29) is 11.9 Å². The molecule has 1 amide bonds. The van der Waals surface area contributed by atoms with Crippen molar-refractivity contribution in [1.29, 1.82) is 0 Å². The van der Waals surface area contributed by atoms with E-state index in [2.05, 4.69) is 18.3 Å². The lowest BCUT2D eigenvalue weighted by Crippen LogP contribution is -2.43. The average molecular weight is 302 g/mol. The lowest BCUT2D eigenvalue weighted by molar-refractivity contribution is -0.123. The van der Waals surface area contributed by atoms with E-state index >= 15 is 0 Å². The Morgan fingerprint density at radius 1 is 1.24 bits per heavy atom. The molecule has 112 valence electrons. The molecule has 0 aliphatic carbocycles. The van der Waals surface area contributed by atoms with Gasteiger partial charge in [-0.1, -0.05) is 49.7 Å². The van der Waals surface area contributed by atoms with Gasteiger partial charge < -0.3 is 11.1 Å². The van der Waals surface area contributed by atoms with Crippen molar-refractivity contribution in [3.05, 3.63) is 58.3 Å². The molecule has 0 fully saturated rings. The van der Waals surface area contributed by atoms with Gasteiger partial charge in [-0.05, 0) is 29.9 Å². The van der Waals surface area contributed by atoms with Gasteiger partial charge in [0, 0.05) is 4.88 Å². The molecule has 0 spiro atoms. The molecule has 1 aromatic carbocycles. The molecular weight excluding hydrogens is 280 g/mol. The van der Waals surface area contributed by atoms with Gasteiger partial charge in [0.15, 0.2) is 0 Å². The van der Waals surface area contributed by atoms with Gasteiger partial charge in [-0.15, -0.1) is 11.3 Å². The third kappa shape index (κ3) is 4.69. The van der Waals surface area contributed by atoms with Gasteiger partial charge in [0.1, 0.15) is 0 Å². The van der Waals surface area contributed by atoms with E-state index in [1.165, 1.54) is 4.88 Å². The molecule has 2 atom stereocenters. The van der Waals surface area contributed by atoms with E-state index in [1.807, 2.05) is 41.8 Å². The fraction of sp³-hybridized carbons (Fsp3) is 0.353. The van der Waals surface area contributed by atoms with Gasteiger partial charge >= 0.3 is 0 Å². The Hall–Kier alpha value is -1.65. The summed E-state index contributed by atoms with van der Waals surface area (Å²) in [6.45, 7) is 2.12. The van der Waals surface area contributed by atoms with Gasteiger partial charge in [-0.25, -0.2) is 0 Å². The Balaban J connectivity index is 1.95. The van der Waals surface area contributed by atoms with Crippen LogP contribution in [0.2, 0.25) is 0 Å². The van der Waals surface area contributed by atoms with Crippen molar-refractivity contribution in [2.75, 3.05) is 0 Å². The highest BCUT2D eigenvalue weighted by atomic mass is 32.1. The number of carbonyl (C=O) groups excluding carboxylic acids is 1. The van der Waals surface area contributed by atoms with Crippen molar-refractivity contribution in [3.63, 3.8) is 0 Å². The van der Waals surface area contributed by atoms with E-state index in [0.29, 0.717) is 6.42 Å². The molecule has 0 saturated carbocycles. The summed E-state index contributed by atoms with van der Waals surface area (Å²) < 4.78 is 0. The van der Waals surface area contributed by atoms with Gasteiger partial charge in [0.25, 0.3) is 0 Å². The highest BCUT2D eigenvalue weighted by Gasteiger charge is 2.19. The molecule has 3 nitrogen and oxygen atoms in total. The van der Waals surface area contributed by atoms with E-state index in [1.54, 1.807) is 11.3 Å². The fourth-order valence-electron chi connectivity index (χ4n) is 2.30. The molecular formula is C17H22N2OS. The Morgan fingerprint density at radius 3 is 2.62 bits per heavy atom. The first-order chi connectivity index (χ1) is 10.2. The van der Waals surface area contributed by atoms with Crippen molar-refractivity contribution in [3.8, 4) is 0 Å². The zero-order valence-corrected chi connectivity index (χ0v) is 13.1. The van der Waals surface area contributed by atoms with Crippen LogP contribution in [0, 0.1) is 0 Å². The largest absolute Gasteiger partial charge is 0.347 e. The summed E-state index contributed by atoms with van der Waals surface area (Å²) in [7, 11) is 0. The molecule has 0 bridgehead atoms. The average Bonchev–Trinajstić information content (AvgIpc) is 3.02. The number of nitrogens with one attached hydrogen (secondary N) is 1. The van der Waals surface area contributed by atoms with Crippen LogP contribution in [0.3, 0.4) is 0 Å². The monoisotopic (exact) mass is 302 g/mol. The van der Waals surface area contributed by atoms with Crippen molar-refractivity contribution in [2.24, 2.45) is 5.73 Å². The van der Waals surface area contributed by atoms with E-state index in [9.17, 15) is 4.79 Å². The molecule has 0 aliphatic heterocycles.